The highest BCUT2D eigenvalue weighted by atomic mass is 79.9. The highest BCUT2D eigenvalue weighted by Crippen LogP contribution is 2.29. The molecule has 2 aromatic rings. The Kier molecular flexibility index (Phi) is 4.12. The zero-order valence-electron chi connectivity index (χ0n) is 10.2. The molecule has 0 saturated carbocycles. The number of nitrogens with one attached hydrogen (secondary N) is 1. The molecule has 2 aromatic carbocycles. The Morgan fingerprint density at radius 1 is 1.26 bits per heavy atom. The van der Waals surface area contributed by atoms with Crippen LogP contribution in [0.4, 0.5) is 11.4 Å². The van der Waals surface area contributed by atoms with Crippen LogP contribution < -0.4 is 11.1 Å². The van der Waals surface area contributed by atoms with Gasteiger partial charge < -0.3 is 11.1 Å². The minimum absolute atomic E-state index is 0.208. The van der Waals surface area contributed by atoms with E-state index in [1.165, 1.54) is 0 Å². The topological polar surface area (TPSA) is 55.1 Å². The summed E-state index contributed by atoms with van der Waals surface area (Å²) in [5.74, 6) is -0.208. The molecule has 0 aromatic heterocycles. The van der Waals surface area contributed by atoms with Gasteiger partial charge in [0.05, 0.1) is 5.69 Å². The van der Waals surface area contributed by atoms with E-state index in [0.717, 1.165) is 10.0 Å². The van der Waals surface area contributed by atoms with Crippen molar-refractivity contribution in [2.75, 3.05) is 11.1 Å². The number of rotatable bonds is 2. The summed E-state index contributed by atoms with van der Waals surface area (Å²) in [5.41, 5.74) is 8.32. The van der Waals surface area contributed by atoms with Gasteiger partial charge in [0.1, 0.15) is 0 Å². The molecule has 0 spiro atoms. The second-order valence-electron chi connectivity index (χ2n) is 4.16. The average Bonchev–Trinajstić information content (AvgIpc) is 2.36. The van der Waals surface area contributed by atoms with Crippen LogP contribution in [-0.2, 0) is 0 Å². The van der Waals surface area contributed by atoms with Crippen LogP contribution in [0.1, 0.15) is 15.9 Å². The van der Waals surface area contributed by atoms with Gasteiger partial charge in [-0.15, -0.1) is 0 Å². The molecule has 0 atom stereocenters. The number of carbonyl (C=O) groups is 1. The van der Waals surface area contributed by atoms with E-state index in [-0.39, 0.29) is 5.91 Å². The van der Waals surface area contributed by atoms with Gasteiger partial charge in [-0.2, -0.15) is 0 Å². The van der Waals surface area contributed by atoms with Gasteiger partial charge in [0.2, 0.25) is 0 Å². The monoisotopic (exact) mass is 338 g/mol. The first-order chi connectivity index (χ1) is 8.97. The van der Waals surface area contributed by atoms with Crippen molar-refractivity contribution in [1.82, 2.24) is 0 Å². The Morgan fingerprint density at radius 3 is 2.53 bits per heavy atom. The fourth-order valence-electron chi connectivity index (χ4n) is 1.57. The van der Waals surface area contributed by atoms with Crippen LogP contribution in [0.5, 0.6) is 0 Å². The lowest BCUT2D eigenvalue weighted by Crippen LogP contribution is -2.12. The number of nitrogens with two attached hydrogens (primary N) is 1. The summed E-state index contributed by atoms with van der Waals surface area (Å²) in [7, 11) is 0. The van der Waals surface area contributed by atoms with Crippen LogP contribution >= 0.6 is 27.5 Å². The Labute approximate surface area is 124 Å². The second-order valence-corrected chi connectivity index (χ2v) is 5.42. The van der Waals surface area contributed by atoms with Crippen LogP contribution in [-0.4, -0.2) is 5.91 Å². The van der Waals surface area contributed by atoms with Crippen molar-refractivity contribution in [2.45, 2.75) is 6.92 Å². The molecule has 2 rings (SSSR count). The van der Waals surface area contributed by atoms with E-state index in [2.05, 4.69) is 21.2 Å². The SMILES string of the molecule is Cc1cc(Br)c(NC(=O)c2ccc(N)cc2)cc1Cl. The summed E-state index contributed by atoms with van der Waals surface area (Å²) in [5, 5.41) is 3.41. The van der Waals surface area contributed by atoms with Crippen LogP contribution in [0.15, 0.2) is 40.9 Å². The standard InChI is InChI=1S/C14H12BrClN2O/c1-8-6-11(15)13(7-12(8)16)18-14(19)9-2-4-10(17)5-3-9/h2-7H,17H2,1H3,(H,18,19). The van der Waals surface area contributed by atoms with E-state index in [4.69, 9.17) is 17.3 Å². The van der Waals surface area contributed by atoms with E-state index >= 15 is 0 Å². The first kappa shape index (κ1) is 13.9. The van der Waals surface area contributed by atoms with Crippen LogP contribution in [0, 0.1) is 6.92 Å². The highest BCUT2D eigenvalue weighted by molar-refractivity contribution is 9.10. The zero-order valence-corrected chi connectivity index (χ0v) is 12.5. The van der Waals surface area contributed by atoms with Gasteiger partial charge in [-0.05, 0) is 64.8 Å². The second kappa shape index (κ2) is 5.63. The predicted octanol–water partition coefficient (Wildman–Crippen LogP) is 4.25. The van der Waals surface area contributed by atoms with Gasteiger partial charge in [0.15, 0.2) is 0 Å². The molecule has 0 radical (unpaired) electrons. The van der Waals surface area contributed by atoms with E-state index in [0.29, 0.717) is 22.0 Å². The fourth-order valence-corrected chi connectivity index (χ4v) is 2.29. The minimum atomic E-state index is -0.208. The van der Waals surface area contributed by atoms with Crippen molar-refractivity contribution in [3.8, 4) is 0 Å². The highest BCUT2D eigenvalue weighted by Gasteiger charge is 2.10. The van der Waals surface area contributed by atoms with E-state index < -0.39 is 0 Å². The largest absolute Gasteiger partial charge is 0.399 e. The molecule has 0 fully saturated rings. The Bertz CT molecular complexity index is 626. The number of aryl methyl sites for hydroxylation is 1. The molecule has 0 aliphatic rings. The molecule has 5 heteroatoms. The van der Waals surface area contributed by atoms with Crippen molar-refractivity contribution in [3.05, 3.63) is 57.0 Å². The predicted molar refractivity (Wildman–Crippen MR) is 82.7 cm³/mol. The molecule has 0 heterocycles. The van der Waals surface area contributed by atoms with Crippen LogP contribution in [0.2, 0.25) is 5.02 Å². The summed E-state index contributed by atoms with van der Waals surface area (Å²) in [4.78, 5) is 12.1. The minimum Gasteiger partial charge on any atom is -0.399 e. The van der Waals surface area contributed by atoms with Gasteiger partial charge in [-0.25, -0.2) is 0 Å². The third-order valence-electron chi connectivity index (χ3n) is 2.67. The zero-order chi connectivity index (χ0) is 14.0. The van der Waals surface area contributed by atoms with Crippen molar-refractivity contribution >= 4 is 44.8 Å². The first-order valence-electron chi connectivity index (χ1n) is 5.60. The summed E-state index contributed by atoms with van der Waals surface area (Å²) in [6.45, 7) is 1.90. The van der Waals surface area contributed by atoms with Gasteiger partial charge in [0, 0.05) is 20.7 Å². The van der Waals surface area contributed by atoms with Gasteiger partial charge >= 0.3 is 0 Å². The summed E-state index contributed by atoms with van der Waals surface area (Å²) in [6.07, 6.45) is 0. The summed E-state index contributed by atoms with van der Waals surface area (Å²) in [6, 6.07) is 10.3. The molecule has 3 nitrogen and oxygen atoms in total. The normalized spacial score (nSPS) is 10.3. The Balaban J connectivity index is 2.24. The lowest BCUT2D eigenvalue weighted by Gasteiger charge is -2.09. The maximum Gasteiger partial charge on any atom is 0.255 e. The molecule has 98 valence electrons. The first-order valence-corrected chi connectivity index (χ1v) is 6.77. The maximum atomic E-state index is 12.1. The number of benzene rings is 2. The Hall–Kier alpha value is -1.52. The molecule has 3 N–H and O–H groups in total. The number of hydrogen-bond donors (Lipinski definition) is 2. The van der Waals surface area contributed by atoms with Crippen molar-refractivity contribution in [2.24, 2.45) is 0 Å². The quantitative estimate of drug-likeness (QED) is 0.804. The van der Waals surface area contributed by atoms with Crippen molar-refractivity contribution in [1.29, 1.82) is 0 Å². The number of halogens is 2. The number of amides is 1. The number of hydrogen-bond acceptors (Lipinski definition) is 2. The molecule has 0 aliphatic heterocycles. The molecular weight excluding hydrogens is 328 g/mol. The molecule has 0 saturated heterocycles. The van der Waals surface area contributed by atoms with Crippen LogP contribution in [0.25, 0.3) is 0 Å². The summed E-state index contributed by atoms with van der Waals surface area (Å²) < 4.78 is 0.790. The van der Waals surface area contributed by atoms with Crippen molar-refractivity contribution < 1.29 is 4.79 Å². The number of anilines is 2. The molecule has 0 bridgehead atoms. The lowest BCUT2D eigenvalue weighted by molar-refractivity contribution is 0.102. The number of carbonyl (C=O) groups excluding carboxylic acids is 1. The Morgan fingerprint density at radius 2 is 1.89 bits per heavy atom. The van der Waals surface area contributed by atoms with Gasteiger partial charge in [-0.1, -0.05) is 11.6 Å². The number of nitrogen functional groups attached to an aromatic ring is 1. The molecule has 0 aliphatic carbocycles. The third-order valence-corrected chi connectivity index (χ3v) is 3.73. The smallest absolute Gasteiger partial charge is 0.255 e. The maximum absolute atomic E-state index is 12.1. The van der Waals surface area contributed by atoms with Gasteiger partial charge in [-0.3, -0.25) is 4.79 Å². The molecular formula is C14H12BrClN2O. The summed E-state index contributed by atoms with van der Waals surface area (Å²) >= 11 is 9.45. The third kappa shape index (κ3) is 3.28. The van der Waals surface area contributed by atoms with E-state index in [9.17, 15) is 4.79 Å². The van der Waals surface area contributed by atoms with Gasteiger partial charge in [0.25, 0.3) is 5.91 Å². The molecule has 1 amide bonds. The molecule has 19 heavy (non-hydrogen) atoms. The van der Waals surface area contributed by atoms with Crippen molar-refractivity contribution in [3.63, 3.8) is 0 Å². The fraction of sp³-hybridized carbons (Fsp3) is 0.0714. The van der Waals surface area contributed by atoms with E-state index in [1.807, 2.05) is 13.0 Å². The van der Waals surface area contributed by atoms with E-state index in [1.54, 1.807) is 30.3 Å². The van der Waals surface area contributed by atoms with Crippen LogP contribution in [0.3, 0.4) is 0 Å². The lowest BCUT2D eigenvalue weighted by atomic mass is 10.2. The average molecular weight is 340 g/mol. The molecule has 0 unspecified atom stereocenters.